The van der Waals surface area contributed by atoms with E-state index in [4.69, 9.17) is 9.47 Å². The van der Waals surface area contributed by atoms with Crippen LogP contribution in [0.5, 0.6) is 17.2 Å². The van der Waals surface area contributed by atoms with Gasteiger partial charge in [-0.2, -0.15) is 0 Å². The van der Waals surface area contributed by atoms with Crippen LogP contribution in [0.1, 0.15) is 29.7 Å². The second-order valence-corrected chi connectivity index (χ2v) is 11.7. The fourth-order valence-corrected chi connectivity index (χ4v) is 5.60. The van der Waals surface area contributed by atoms with Gasteiger partial charge in [0.25, 0.3) is 0 Å². The van der Waals surface area contributed by atoms with Gasteiger partial charge in [-0.25, -0.2) is 8.42 Å². The Kier molecular flexibility index (Phi) is 6.96. The first kappa shape index (κ1) is 25.3. The molecule has 2 heterocycles. The molecule has 2 aliphatic rings. The standard InChI is InChI=1S/C29H30FNO5S/c1-19-26-11-8-23(32)15-27(26)36-29(28(19)22-4-3-5-25(14-22)37(2,33)34)21-6-9-24(10-7-21)35-13-12-31-17-20(16-30)18-31/h3-11,14-15,20,29,32H,12-13,16-18H2,1-2H3. The minimum Gasteiger partial charge on any atom is -0.508 e. The molecule has 3 aromatic rings. The molecule has 0 saturated carbocycles. The molecule has 0 amide bonds. The van der Waals surface area contributed by atoms with Gasteiger partial charge in [-0.3, -0.25) is 9.29 Å². The van der Waals surface area contributed by atoms with Crippen molar-refractivity contribution in [2.45, 2.75) is 17.9 Å². The average molecular weight is 524 g/mol. The Hall–Kier alpha value is -3.36. The van der Waals surface area contributed by atoms with Crippen LogP contribution in [0.4, 0.5) is 4.39 Å². The number of allylic oxidation sites excluding steroid dienone is 1. The van der Waals surface area contributed by atoms with Crippen LogP contribution in [0, 0.1) is 5.92 Å². The fraction of sp³-hybridized carbons (Fsp3) is 0.310. The summed E-state index contributed by atoms with van der Waals surface area (Å²) in [6, 6.07) is 19.5. The molecule has 194 valence electrons. The Morgan fingerprint density at radius 3 is 2.54 bits per heavy atom. The lowest BCUT2D eigenvalue weighted by molar-refractivity contribution is 0.0668. The SMILES string of the molecule is CC1=C(c2cccc(S(C)(=O)=O)c2)C(c2ccc(OCCN3CC(CF)C3)cc2)Oc2cc(O)ccc21. The van der Waals surface area contributed by atoms with Gasteiger partial charge in [0, 0.05) is 49.0 Å². The number of phenols is 1. The molecule has 0 spiro atoms. The number of benzene rings is 3. The van der Waals surface area contributed by atoms with E-state index >= 15 is 0 Å². The van der Waals surface area contributed by atoms with E-state index in [-0.39, 0.29) is 23.2 Å². The van der Waals surface area contributed by atoms with E-state index in [0.29, 0.717) is 12.4 Å². The van der Waals surface area contributed by atoms with Crippen molar-refractivity contribution < 1.29 is 27.4 Å². The van der Waals surface area contributed by atoms with Crippen LogP contribution in [0.2, 0.25) is 0 Å². The minimum absolute atomic E-state index is 0.108. The first-order chi connectivity index (χ1) is 17.7. The number of ether oxygens (including phenoxy) is 2. The van der Waals surface area contributed by atoms with Gasteiger partial charge in [0.1, 0.15) is 30.0 Å². The number of hydrogen-bond donors (Lipinski definition) is 1. The summed E-state index contributed by atoms with van der Waals surface area (Å²) in [6.07, 6.45) is 0.678. The van der Waals surface area contributed by atoms with Gasteiger partial charge in [-0.05, 0) is 60.0 Å². The highest BCUT2D eigenvalue weighted by Crippen LogP contribution is 2.47. The number of hydrogen-bond acceptors (Lipinski definition) is 6. The highest BCUT2D eigenvalue weighted by molar-refractivity contribution is 7.90. The van der Waals surface area contributed by atoms with E-state index in [1.54, 1.807) is 30.3 Å². The zero-order valence-corrected chi connectivity index (χ0v) is 21.7. The van der Waals surface area contributed by atoms with E-state index in [1.165, 1.54) is 6.26 Å². The average Bonchev–Trinajstić information content (AvgIpc) is 2.85. The Balaban J connectivity index is 1.43. The van der Waals surface area contributed by atoms with Gasteiger partial charge in [-0.1, -0.05) is 24.3 Å². The van der Waals surface area contributed by atoms with Crippen molar-refractivity contribution >= 4 is 21.0 Å². The van der Waals surface area contributed by atoms with Crippen LogP contribution < -0.4 is 9.47 Å². The van der Waals surface area contributed by atoms with Crippen LogP contribution in [-0.4, -0.2) is 57.6 Å². The monoisotopic (exact) mass is 523 g/mol. The molecule has 1 unspecified atom stereocenters. The number of sulfone groups is 1. The zero-order valence-electron chi connectivity index (χ0n) is 20.9. The van der Waals surface area contributed by atoms with Gasteiger partial charge >= 0.3 is 0 Å². The van der Waals surface area contributed by atoms with Crippen LogP contribution in [0.3, 0.4) is 0 Å². The van der Waals surface area contributed by atoms with Gasteiger partial charge in [0.15, 0.2) is 9.84 Å². The molecule has 3 aromatic carbocycles. The summed E-state index contributed by atoms with van der Waals surface area (Å²) in [7, 11) is -3.39. The van der Waals surface area contributed by atoms with E-state index in [2.05, 4.69) is 4.90 Å². The molecule has 37 heavy (non-hydrogen) atoms. The normalized spacial score (nSPS) is 18.2. The fourth-order valence-electron chi connectivity index (χ4n) is 4.93. The molecule has 1 fully saturated rings. The van der Waals surface area contributed by atoms with Crippen molar-refractivity contribution in [2.75, 3.05) is 39.2 Å². The van der Waals surface area contributed by atoms with Crippen molar-refractivity contribution in [2.24, 2.45) is 5.92 Å². The van der Waals surface area contributed by atoms with Crippen molar-refractivity contribution in [3.63, 3.8) is 0 Å². The third kappa shape index (κ3) is 5.36. The summed E-state index contributed by atoms with van der Waals surface area (Å²) >= 11 is 0. The lowest BCUT2D eigenvalue weighted by atomic mass is 9.86. The molecule has 0 radical (unpaired) electrons. The van der Waals surface area contributed by atoms with Crippen molar-refractivity contribution in [1.29, 1.82) is 0 Å². The summed E-state index contributed by atoms with van der Waals surface area (Å²) < 4.78 is 49.4. The molecule has 8 heteroatoms. The van der Waals surface area contributed by atoms with Crippen LogP contribution in [-0.2, 0) is 9.84 Å². The van der Waals surface area contributed by atoms with Gasteiger partial charge in [0.2, 0.25) is 0 Å². The maximum atomic E-state index is 12.6. The molecule has 1 saturated heterocycles. The lowest BCUT2D eigenvalue weighted by Crippen LogP contribution is -2.49. The van der Waals surface area contributed by atoms with Crippen LogP contribution in [0.15, 0.2) is 71.6 Å². The molecule has 1 atom stereocenters. The summed E-state index contributed by atoms with van der Waals surface area (Å²) in [6.45, 7) is 4.56. The third-order valence-electron chi connectivity index (χ3n) is 6.96. The summed E-state index contributed by atoms with van der Waals surface area (Å²) in [5.41, 5.74) is 4.27. The minimum atomic E-state index is -3.39. The zero-order chi connectivity index (χ0) is 26.2. The molecular formula is C29H30FNO5S. The molecule has 2 aliphatic heterocycles. The summed E-state index contributed by atoms with van der Waals surface area (Å²) in [4.78, 5) is 2.41. The van der Waals surface area contributed by atoms with E-state index in [1.807, 2.05) is 43.3 Å². The van der Waals surface area contributed by atoms with Gasteiger partial charge < -0.3 is 14.6 Å². The van der Waals surface area contributed by atoms with Crippen molar-refractivity contribution in [3.05, 3.63) is 83.4 Å². The van der Waals surface area contributed by atoms with Gasteiger partial charge in [0.05, 0.1) is 11.6 Å². The first-order valence-corrected chi connectivity index (χ1v) is 14.1. The first-order valence-electron chi connectivity index (χ1n) is 12.3. The Morgan fingerprint density at radius 1 is 1.08 bits per heavy atom. The summed E-state index contributed by atoms with van der Waals surface area (Å²) in [5, 5.41) is 10.0. The van der Waals surface area contributed by atoms with E-state index in [0.717, 1.165) is 53.2 Å². The Bertz CT molecular complexity index is 1430. The number of aromatic hydroxyl groups is 1. The van der Waals surface area contributed by atoms with Crippen LogP contribution in [0.25, 0.3) is 11.1 Å². The smallest absolute Gasteiger partial charge is 0.175 e. The largest absolute Gasteiger partial charge is 0.508 e. The quantitative estimate of drug-likeness (QED) is 0.441. The van der Waals surface area contributed by atoms with E-state index in [9.17, 15) is 17.9 Å². The van der Waals surface area contributed by atoms with Crippen molar-refractivity contribution in [3.8, 4) is 17.2 Å². The highest BCUT2D eigenvalue weighted by atomic mass is 32.2. The number of alkyl halides is 1. The number of rotatable bonds is 8. The predicted molar refractivity (Wildman–Crippen MR) is 141 cm³/mol. The van der Waals surface area contributed by atoms with Gasteiger partial charge in [-0.15, -0.1) is 0 Å². The maximum Gasteiger partial charge on any atom is 0.175 e. The molecule has 0 aliphatic carbocycles. The second-order valence-electron chi connectivity index (χ2n) is 9.71. The molecule has 0 bridgehead atoms. The molecule has 5 rings (SSSR count). The molecule has 6 nitrogen and oxygen atoms in total. The highest BCUT2D eigenvalue weighted by Gasteiger charge is 2.30. The second kappa shape index (κ2) is 10.2. The van der Waals surface area contributed by atoms with E-state index < -0.39 is 15.9 Å². The van der Waals surface area contributed by atoms with Crippen molar-refractivity contribution in [1.82, 2.24) is 4.90 Å². The van der Waals surface area contributed by atoms with Crippen LogP contribution >= 0.6 is 0 Å². The molecule has 0 aromatic heterocycles. The number of fused-ring (bicyclic) bond motifs is 1. The third-order valence-corrected chi connectivity index (χ3v) is 8.07. The maximum absolute atomic E-state index is 12.6. The number of phenolic OH excluding ortho intramolecular Hbond substituents is 1. The number of nitrogens with zero attached hydrogens (tertiary/aromatic N) is 1. The number of halogens is 1. The molecule has 1 N–H and O–H groups in total. The summed E-state index contributed by atoms with van der Waals surface area (Å²) in [5.74, 6) is 1.55. The number of likely N-dealkylation sites (tertiary alicyclic amines) is 1. The molecular weight excluding hydrogens is 493 g/mol. The topological polar surface area (TPSA) is 76.1 Å². The Labute approximate surface area is 216 Å². The Morgan fingerprint density at radius 2 is 1.84 bits per heavy atom. The lowest BCUT2D eigenvalue weighted by Gasteiger charge is -2.37. The predicted octanol–water partition coefficient (Wildman–Crippen LogP) is 5.14.